The molecule has 0 aliphatic carbocycles. The summed E-state index contributed by atoms with van der Waals surface area (Å²) < 4.78 is 42.0. The fraction of sp³-hybridized carbons (Fsp3) is 0.278. The number of ether oxygens (including phenoxy) is 1. The Morgan fingerprint density at radius 3 is 2.67 bits per heavy atom. The third-order valence-corrected chi connectivity index (χ3v) is 4.10. The van der Waals surface area contributed by atoms with E-state index in [1.165, 1.54) is 12.3 Å². The fourth-order valence-corrected chi connectivity index (χ4v) is 2.55. The number of halogens is 3. The van der Waals surface area contributed by atoms with Crippen LogP contribution in [0.3, 0.4) is 0 Å². The van der Waals surface area contributed by atoms with Crippen molar-refractivity contribution in [2.75, 3.05) is 18.5 Å². The molecule has 3 rings (SSSR count). The third-order valence-electron chi connectivity index (χ3n) is 4.10. The molecule has 0 radical (unpaired) electrons. The molecule has 12 heteroatoms. The van der Waals surface area contributed by atoms with E-state index in [1.54, 1.807) is 24.3 Å². The van der Waals surface area contributed by atoms with Crippen LogP contribution in [0, 0.1) is 0 Å². The van der Waals surface area contributed by atoms with Crippen molar-refractivity contribution in [1.82, 2.24) is 20.5 Å². The summed E-state index contributed by atoms with van der Waals surface area (Å²) in [6.45, 7) is -1.33. The second-order valence-corrected chi connectivity index (χ2v) is 6.26. The molecule has 0 fully saturated rings. The van der Waals surface area contributed by atoms with Gasteiger partial charge in [0.2, 0.25) is 5.88 Å². The first kappa shape index (κ1) is 21.3. The molecule has 5 N–H and O–H groups in total. The van der Waals surface area contributed by atoms with E-state index in [4.69, 9.17) is 9.84 Å². The van der Waals surface area contributed by atoms with E-state index >= 15 is 0 Å². The SMILES string of the molecule is O=C(Nc1cc2[nH]nc(OC[C@@H](O)C(F)(F)F)c2cn1)N[C@H](CO)c1ccccc1. The number of rotatable bonds is 7. The van der Waals surface area contributed by atoms with E-state index in [0.717, 1.165) is 5.56 Å². The Labute approximate surface area is 167 Å². The lowest BCUT2D eigenvalue weighted by molar-refractivity contribution is -0.210. The van der Waals surface area contributed by atoms with Crippen molar-refractivity contribution >= 4 is 22.8 Å². The molecule has 3 aromatic rings. The number of pyridine rings is 1. The van der Waals surface area contributed by atoms with Crippen LogP contribution in [0.5, 0.6) is 5.88 Å². The molecule has 0 saturated carbocycles. The first-order valence-corrected chi connectivity index (χ1v) is 8.73. The lowest BCUT2D eigenvalue weighted by Gasteiger charge is -2.17. The van der Waals surface area contributed by atoms with Crippen molar-refractivity contribution in [3.05, 3.63) is 48.2 Å². The molecule has 0 bridgehead atoms. The van der Waals surface area contributed by atoms with Crippen LogP contribution in [0.25, 0.3) is 10.9 Å². The summed E-state index contributed by atoms with van der Waals surface area (Å²) in [5, 5.41) is 30.2. The molecule has 0 saturated heterocycles. The number of carbonyl (C=O) groups is 1. The maximum Gasteiger partial charge on any atom is 0.417 e. The van der Waals surface area contributed by atoms with E-state index < -0.39 is 31.0 Å². The van der Waals surface area contributed by atoms with Crippen LogP contribution in [0.1, 0.15) is 11.6 Å². The zero-order valence-corrected chi connectivity index (χ0v) is 15.3. The van der Waals surface area contributed by atoms with Gasteiger partial charge < -0.3 is 20.3 Å². The van der Waals surface area contributed by atoms with Gasteiger partial charge in [-0.3, -0.25) is 10.4 Å². The number of carbonyl (C=O) groups excluding carboxylic acids is 1. The quantitative estimate of drug-likeness (QED) is 0.394. The molecule has 0 aliphatic heterocycles. The molecule has 30 heavy (non-hydrogen) atoms. The minimum Gasteiger partial charge on any atom is -0.473 e. The van der Waals surface area contributed by atoms with E-state index in [2.05, 4.69) is 25.8 Å². The number of aliphatic hydroxyl groups excluding tert-OH is 2. The molecule has 2 heterocycles. The Hall–Kier alpha value is -3.38. The first-order chi connectivity index (χ1) is 14.3. The first-order valence-electron chi connectivity index (χ1n) is 8.73. The number of aromatic amines is 1. The van der Waals surface area contributed by atoms with Crippen LogP contribution >= 0.6 is 0 Å². The van der Waals surface area contributed by atoms with Crippen LogP contribution in [0.2, 0.25) is 0 Å². The van der Waals surface area contributed by atoms with Crippen LogP contribution in [-0.4, -0.2) is 56.9 Å². The van der Waals surface area contributed by atoms with E-state index in [0.29, 0.717) is 5.52 Å². The highest BCUT2D eigenvalue weighted by Gasteiger charge is 2.39. The summed E-state index contributed by atoms with van der Waals surface area (Å²) in [6.07, 6.45) is -6.20. The molecule has 0 unspecified atom stereocenters. The number of hydrogen-bond acceptors (Lipinski definition) is 6. The molecule has 0 spiro atoms. The maximum atomic E-state index is 12.4. The van der Waals surface area contributed by atoms with Gasteiger partial charge in [0.05, 0.1) is 23.6 Å². The molecule has 160 valence electrons. The van der Waals surface area contributed by atoms with Crippen LogP contribution in [0.4, 0.5) is 23.8 Å². The summed E-state index contributed by atoms with van der Waals surface area (Å²) in [5.41, 5.74) is 1.06. The Morgan fingerprint density at radius 1 is 1.27 bits per heavy atom. The molecule has 9 nitrogen and oxygen atoms in total. The average molecular weight is 425 g/mol. The summed E-state index contributed by atoms with van der Waals surface area (Å²) in [4.78, 5) is 16.2. The number of nitrogens with one attached hydrogen (secondary N) is 3. The summed E-state index contributed by atoms with van der Waals surface area (Å²) in [7, 11) is 0. The zero-order valence-electron chi connectivity index (χ0n) is 15.3. The van der Waals surface area contributed by atoms with Crippen LogP contribution < -0.4 is 15.4 Å². The number of urea groups is 1. The van der Waals surface area contributed by atoms with Crippen molar-refractivity contribution in [1.29, 1.82) is 0 Å². The van der Waals surface area contributed by atoms with Gasteiger partial charge in [-0.05, 0) is 5.56 Å². The number of nitrogens with zero attached hydrogens (tertiary/aromatic N) is 2. The van der Waals surface area contributed by atoms with E-state index in [-0.39, 0.29) is 23.7 Å². The van der Waals surface area contributed by atoms with E-state index in [1.807, 2.05) is 6.07 Å². The molecular formula is C18H18F3N5O4. The highest BCUT2D eigenvalue weighted by molar-refractivity contribution is 5.92. The van der Waals surface area contributed by atoms with Crippen molar-refractivity contribution < 1.29 is 32.9 Å². The van der Waals surface area contributed by atoms with Gasteiger partial charge in [0, 0.05) is 12.3 Å². The number of H-pyrrole nitrogens is 1. The van der Waals surface area contributed by atoms with Crippen molar-refractivity contribution in [3.8, 4) is 5.88 Å². The Morgan fingerprint density at radius 2 is 2.00 bits per heavy atom. The minimum atomic E-state index is -4.80. The Balaban J connectivity index is 1.64. The molecule has 2 amide bonds. The minimum absolute atomic E-state index is 0.135. The lowest BCUT2D eigenvalue weighted by Crippen LogP contribution is -2.34. The van der Waals surface area contributed by atoms with Crippen molar-refractivity contribution in [2.45, 2.75) is 18.3 Å². The van der Waals surface area contributed by atoms with Gasteiger partial charge in [0.1, 0.15) is 12.4 Å². The smallest absolute Gasteiger partial charge is 0.417 e. The van der Waals surface area contributed by atoms with Crippen molar-refractivity contribution in [2.24, 2.45) is 0 Å². The summed E-state index contributed by atoms with van der Waals surface area (Å²) in [5.74, 6) is -0.0310. The van der Waals surface area contributed by atoms with Crippen LogP contribution in [0.15, 0.2) is 42.6 Å². The second kappa shape index (κ2) is 8.97. The predicted octanol–water partition coefficient (Wildman–Crippen LogP) is 2.11. The number of benzene rings is 1. The number of aliphatic hydroxyl groups is 2. The zero-order chi connectivity index (χ0) is 21.7. The number of fused-ring (bicyclic) bond motifs is 1. The number of aromatic nitrogens is 3. The molecule has 2 aromatic heterocycles. The van der Waals surface area contributed by atoms with Crippen molar-refractivity contribution in [3.63, 3.8) is 0 Å². The monoisotopic (exact) mass is 425 g/mol. The highest BCUT2D eigenvalue weighted by Crippen LogP contribution is 2.25. The number of alkyl halides is 3. The Bertz CT molecular complexity index is 996. The normalized spacial score (nSPS) is 13.6. The average Bonchev–Trinajstić information content (AvgIpc) is 3.12. The highest BCUT2D eigenvalue weighted by atomic mass is 19.4. The van der Waals surface area contributed by atoms with Gasteiger partial charge in [-0.1, -0.05) is 30.3 Å². The number of anilines is 1. The van der Waals surface area contributed by atoms with Gasteiger partial charge in [0.15, 0.2) is 6.10 Å². The molecule has 2 atom stereocenters. The molecular weight excluding hydrogens is 407 g/mol. The summed E-state index contributed by atoms with van der Waals surface area (Å²) in [6, 6.07) is 9.04. The second-order valence-electron chi connectivity index (χ2n) is 6.26. The Kier molecular flexibility index (Phi) is 6.37. The largest absolute Gasteiger partial charge is 0.473 e. The van der Waals surface area contributed by atoms with E-state index in [9.17, 15) is 23.1 Å². The summed E-state index contributed by atoms with van der Waals surface area (Å²) >= 11 is 0. The van der Waals surface area contributed by atoms with Gasteiger partial charge >= 0.3 is 12.2 Å². The standard InChI is InChI=1S/C18H18F3N5O4/c19-18(20,21)14(28)9-30-16-11-7-22-15(6-12(11)25-26-16)24-17(29)23-13(8-27)10-4-2-1-3-5-10/h1-7,13-14,27-28H,8-9H2,(H,25,26)(H2,22,23,24,29)/t13-,14-/m1/s1. The maximum absolute atomic E-state index is 12.4. The van der Waals surface area contributed by atoms with Gasteiger partial charge in [-0.15, -0.1) is 5.10 Å². The molecule has 1 aromatic carbocycles. The van der Waals surface area contributed by atoms with Gasteiger partial charge in [-0.2, -0.15) is 13.2 Å². The fourth-order valence-electron chi connectivity index (χ4n) is 2.55. The van der Waals surface area contributed by atoms with Gasteiger partial charge in [0.25, 0.3) is 0 Å². The molecule has 0 aliphatic rings. The van der Waals surface area contributed by atoms with Crippen LogP contribution in [-0.2, 0) is 0 Å². The topological polar surface area (TPSA) is 132 Å². The number of amides is 2. The van der Waals surface area contributed by atoms with Gasteiger partial charge in [-0.25, -0.2) is 9.78 Å². The number of hydrogen-bond donors (Lipinski definition) is 5. The predicted molar refractivity (Wildman–Crippen MR) is 99.9 cm³/mol. The lowest BCUT2D eigenvalue weighted by atomic mass is 10.1. The third kappa shape index (κ3) is 5.15.